The second-order valence-corrected chi connectivity index (χ2v) is 7.87. The molecule has 126 valence electrons. The SMILES string of the molecule is C#CCC(=C)C(=O)O.O=S(=O)(O)CS(=O)(=O)c1ccc(F)cc1. The number of sulfone groups is 1. The summed E-state index contributed by atoms with van der Waals surface area (Å²) in [5.74, 6) is 0.505. The summed E-state index contributed by atoms with van der Waals surface area (Å²) < 4.78 is 64.2. The van der Waals surface area contributed by atoms with Gasteiger partial charge in [0.1, 0.15) is 5.82 Å². The maximum atomic E-state index is 12.5. The molecule has 0 spiro atoms. The molecule has 0 radical (unpaired) electrons. The number of carboxylic acid groups (broad SMARTS) is 1. The fourth-order valence-electron chi connectivity index (χ4n) is 1.10. The van der Waals surface area contributed by atoms with Crippen LogP contribution in [0.2, 0.25) is 0 Å². The van der Waals surface area contributed by atoms with Crippen LogP contribution in [0.1, 0.15) is 6.42 Å². The molecule has 0 aliphatic heterocycles. The number of hydrogen-bond donors (Lipinski definition) is 2. The van der Waals surface area contributed by atoms with E-state index in [1.807, 2.05) is 0 Å². The summed E-state index contributed by atoms with van der Waals surface area (Å²) in [6, 6.07) is 3.62. The van der Waals surface area contributed by atoms with E-state index >= 15 is 0 Å². The minimum Gasteiger partial charge on any atom is -0.478 e. The summed E-state index contributed by atoms with van der Waals surface area (Å²) in [6.07, 6.45) is 4.91. The van der Waals surface area contributed by atoms with Gasteiger partial charge in [-0.3, -0.25) is 4.55 Å². The molecule has 0 unspecified atom stereocenters. The van der Waals surface area contributed by atoms with Crippen LogP contribution in [0.3, 0.4) is 0 Å². The van der Waals surface area contributed by atoms with Crippen molar-refractivity contribution in [2.75, 3.05) is 5.08 Å². The highest BCUT2D eigenvalue weighted by molar-refractivity contribution is 8.05. The number of terminal acetylenes is 1. The highest BCUT2D eigenvalue weighted by Gasteiger charge is 2.22. The van der Waals surface area contributed by atoms with E-state index in [0.29, 0.717) is 0 Å². The summed E-state index contributed by atoms with van der Waals surface area (Å²) >= 11 is 0. The van der Waals surface area contributed by atoms with Crippen LogP contribution >= 0.6 is 0 Å². The number of halogens is 1. The fourth-order valence-corrected chi connectivity index (χ4v) is 3.77. The Balaban J connectivity index is 0.000000515. The van der Waals surface area contributed by atoms with E-state index in [9.17, 15) is 26.0 Å². The average Bonchev–Trinajstić information content (AvgIpc) is 2.37. The molecule has 1 aromatic rings. The topological polar surface area (TPSA) is 126 Å². The van der Waals surface area contributed by atoms with Gasteiger partial charge in [-0.1, -0.05) is 6.58 Å². The normalized spacial score (nSPS) is 10.8. The minimum absolute atomic E-state index is 0.0625. The summed E-state index contributed by atoms with van der Waals surface area (Å²) in [6.45, 7) is 3.20. The van der Waals surface area contributed by atoms with E-state index in [1.54, 1.807) is 0 Å². The Morgan fingerprint density at radius 2 is 1.70 bits per heavy atom. The van der Waals surface area contributed by atoms with Gasteiger partial charge in [0, 0.05) is 12.0 Å². The number of aliphatic carboxylic acids is 1. The number of carboxylic acids is 1. The predicted octanol–water partition coefficient (Wildman–Crippen LogP) is 1.10. The highest BCUT2D eigenvalue weighted by atomic mass is 32.3. The number of rotatable bonds is 5. The van der Waals surface area contributed by atoms with Crippen LogP contribution in [0.15, 0.2) is 41.3 Å². The van der Waals surface area contributed by atoms with E-state index in [0.717, 1.165) is 24.3 Å². The van der Waals surface area contributed by atoms with Crippen molar-refractivity contribution >= 4 is 25.9 Å². The Morgan fingerprint density at radius 3 is 2.00 bits per heavy atom. The Kier molecular flexibility index (Phi) is 7.61. The molecule has 0 fully saturated rings. The fraction of sp³-hybridized carbons (Fsp3) is 0.154. The Bertz CT molecular complexity index is 816. The molecule has 2 N–H and O–H groups in total. The molecule has 0 aliphatic rings. The maximum Gasteiger partial charge on any atom is 0.331 e. The van der Waals surface area contributed by atoms with Gasteiger partial charge in [0.2, 0.25) is 0 Å². The van der Waals surface area contributed by atoms with E-state index in [4.69, 9.17) is 16.1 Å². The highest BCUT2D eigenvalue weighted by Crippen LogP contribution is 2.13. The molecule has 1 aromatic carbocycles. The van der Waals surface area contributed by atoms with Gasteiger partial charge in [-0.15, -0.1) is 12.3 Å². The molecular formula is C13H13FO7S2. The van der Waals surface area contributed by atoms with Crippen LogP contribution in [-0.2, 0) is 24.7 Å². The summed E-state index contributed by atoms with van der Waals surface area (Å²) in [7, 11) is -8.76. The Hall–Kier alpha value is -2.22. The molecule has 0 atom stereocenters. The molecule has 0 saturated heterocycles. The van der Waals surface area contributed by atoms with Gasteiger partial charge in [-0.05, 0) is 24.3 Å². The van der Waals surface area contributed by atoms with Crippen molar-refractivity contribution in [1.29, 1.82) is 0 Å². The van der Waals surface area contributed by atoms with Gasteiger partial charge >= 0.3 is 5.97 Å². The van der Waals surface area contributed by atoms with E-state index < -0.39 is 36.8 Å². The standard InChI is InChI=1S/C7H7FO5S2.C6H6O2/c8-6-1-3-7(4-2-6)14(9,10)5-15(11,12)13;1-3-4-5(2)6(7)8/h1-4H,5H2,(H,11,12,13);1H,2,4H2,(H,7,8). The van der Waals surface area contributed by atoms with Gasteiger partial charge in [0.25, 0.3) is 10.1 Å². The zero-order valence-corrected chi connectivity index (χ0v) is 13.3. The van der Waals surface area contributed by atoms with E-state index in [2.05, 4.69) is 12.5 Å². The molecule has 0 aliphatic carbocycles. The maximum absolute atomic E-state index is 12.5. The first-order chi connectivity index (χ1) is 10.4. The zero-order valence-electron chi connectivity index (χ0n) is 11.6. The Labute approximate surface area is 133 Å². The third-order valence-electron chi connectivity index (χ3n) is 2.09. The minimum atomic E-state index is -4.62. The van der Waals surface area contributed by atoms with Crippen LogP contribution < -0.4 is 0 Å². The summed E-state index contributed by atoms with van der Waals surface area (Å²) in [4.78, 5) is 9.53. The lowest BCUT2D eigenvalue weighted by Gasteiger charge is -2.01. The summed E-state index contributed by atoms with van der Waals surface area (Å²) in [5, 5.41) is 6.71. The van der Waals surface area contributed by atoms with Gasteiger partial charge in [-0.25, -0.2) is 17.6 Å². The zero-order chi connectivity index (χ0) is 18.3. The smallest absolute Gasteiger partial charge is 0.331 e. The lowest BCUT2D eigenvalue weighted by molar-refractivity contribution is -0.132. The Morgan fingerprint density at radius 1 is 1.22 bits per heavy atom. The predicted molar refractivity (Wildman–Crippen MR) is 80.2 cm³/mol. The number of benzene rings is 1. The first-order valence-electron chi connectivity index (χ1n) is 5.67. The molecule has 10 heteroatoms. The van der Waals surface area contributed by atoms with Crippen molar-refractivity contribution in [3.63, 3.8) is 0 Å². The molecule has 7 nitrogen and oxygen atoms in total. The van der Waals surface area contributed by atoms with Crippen molar-refractivity contribution in [2.45, 2.75) is 11.3 Å². The molecule has 0 amide bonds. The number of hydrogen-bond acceptors (Lipinski definition) is 5. The van der Waals surface area contributed by atoms with Crippen LogP contribution in [0.25, 0.3) is 0 Å². The van der Waals surface area contributed by atoms with Crippen molar-refractivity contribution < 1.29 is 35.7 Å². The van der Waals surface area contributed by atoms with Crippen molar-refractivity contribution in [3.05, 3.63) is 42.2 Å². The molecular weight excluding hydrogens is 351 g/mol. The second kappa shape index (κ2) is 8.42. The monoisotopic (exact) mass is 364 g/mol. The quantitative estimate of drug-likeness (QED) is 0.347. The van der Waals surface area contributed by atoms with Crippen LogP contribution in [0.4, 0.5) is 4.39 Å². The van der Waals surface area contributed by atoms with Gasteiger partial charge in [0.15, 0.2) is 14.9 Å². The first kappa shape index (κ1) is 20.8. The van der Waals surface area contributed by atoms with Crippen molar-refractivity contribution in [2.24, 2.45) is 0 Å². The second-order valence-electron chi connectivity index (χ2n) is 4.06. The third-order valence-corrected chi connectivity index (χ3v) is 5.52. The molecule has 0 heterocycles. The van der Waals surface area contributed by atoms with Gasteiger partial charge in [-0.2, -0.15) is 8.42 Å². The average molecular weight is 364 g/mol. The molecule has 1 rings (SSSR count). The van der Waals surface area contributed by atoms with Crippen LogP contribution in [-0.4, -0.2) is 37.5 Å². The lowest BCUT2D eigenvalue weighted by atomic mass is 10.2. The molecule has 0 aromatic heterocycles. The van der Waals surface area contributed by atoms with E-state index in [-0.39, 0.29) is 16.9 Å². The van der Waals surface area contributed by atoms with Gasteiger partial charge < -0.3 is 5.11 Å². The third kappa shape index (κ3) is 8.72. The molecule has 0 bridgehead atoms. The largest absolute Gasteiger partial charge is 0.478 e. The van der Waals surface area contributed by atoms with Crippen LogP contribution in [0.5, 0.6) is 0 Å². The van der Waals surface area contributed by atoms with Crippen LogP contribution in [0, 0.1) is 18.2 Å². The van der Waals surface area contributed by atoms with Crippen molar-refractivity contribution in [3.8, 4) is 12.3 Å². The molecule has 0 saturated carbocycles. The number of carbonyl (C=O) groups is 1. The van der Waals surface area contributed by atoms with E-state index in [1.165, 1.54) is 0 Å². The lowest BCUT2D eigenvalue weighted by Crippen LogP contribution is -2.15. The summed E-state index contributed by atoms with van der Waals surface area (Å²) in [5.41, 5.74) is 0.0625. The van der Waals surface area contributed by atoms with Crippen molar-refractivity contribution in [1.82, 2.24) is 0 Å². The first-order valence-corrected chi connectivity index (χ1v) is 8.93. The molecule has 23 heavy (non-hydrogen) atoms. The van der Waals surface area contributed by atoms with Gasteiger partial charge in [0.05, 0.1) is 4.90 Å².